The fraction of sp³-hybridized carbons (Fsp3) is 0.485. The summed E-state index contributed by atoms with van der Waals surface area (Å²) in [4.78, 5) is 35.0. The Morgan fingerprint density at radius 3 is 2.45 bits per heavy atom. The smallest absolute Gasteiger partial charge is 0.269 e. The number of ketones is 1. The summed E-state index contributed by atoms with van der Waals surface area (Å²) in [5.74, 6) is 0.797. The summed E-state index contributed by atoms with van der Waals surface area (Å²) in [5.41, 5.74) is 11.4. The van der Waals surface area contributed by atoms with Crippen molar-refractivity contribution in [2.24, 2.45) is 28.5 Å². The molecule has 7 nitrogen and oxygen atoms in total. The van der Waals surface area contributed by atoms with Gasteiger partial charge in [0.2, 0.25) is 0 Å². The average molecular weight is 542 g/mol. The van der Waals surface area contributed by atoms with Gasteiger partial charge in [0.05, 0.1) is 22.9 Å². The van der Waals surface area contributed by atoms with E-state index < -0.39 is 0 Å². The Morgan fingerprint density at radius 2 is 1.88 bits per heavy atom. The molecule has 212 valence electrons. The van der Waals surface area contributed by atoms with E-state index in [1.165, 1.54) is 6.92 Å². The van der Waals surface area contributed by atoms with Gasteiger partial charge in [-0.1, -0.05) is 32.9 Å². The summed E-state index contributed by atoms with van der Waals surface area (Å²) in [5, 5.41) is 12.1. The van der Waals surface area contributed by atoms with Crippen molar-refractivity contribution in [2.45, 2.75) is 79.2 Å². The lowest BCUT2D eigenvalue weighted by Gasteiger charge is -2.25. The number of hydrogen-bond donors (Lipinski definition) is 2. The van der Waals surface area contributed by atoms with Gasteiger partial charge in [-0.2, -0.15) is 5.26 Å². The van der Waals surface area contributed by atoms with Crippen LogP contribution in [0, 0.1) is 36.0 Å². The lowest BCUT2D eigenvalue weighted by atomic mass is 9.82. The minimum atomic E-state index is -0.294. The van der Waals surface area contributed by atoms with Gasteiger partial charge in [0.25, 0.3) is 5.91 Å². The van der Waals surface area contributed by atoms with Crippen molar-refractivity contribution in [1.82, 2.24) is 10.3 Å². The Kier molecular flexibility index (Phi) is 10.9. The fourth-order valence-corrected chi connectivity index (χ4v) is 5.39. The van der Waals surface area contributed by atoms with Crippen molar-refractivity contribution in [1.29, 1.82) is 5.26 Å². The highest BCUT2D eigenvalue weighted by Gasteiger charge is 2.27. The zero-order valence-electron chi connectivity index (χ0n) is 24.8. The first kappa shape index (κ1) is 30.9. The van der Waals surface area contributed by atoms with Gasteiger partial charge in [0.1, 0.15) is 5.69 Å². The van der Waals surface area contributed by atoms with Gasteiger partial charge in [-0.15, -0.1) is 0 Å². The molecule has 4 atom stereocenters. The van der Waals surface area contributed by atoms with Crippen molar-refractivity contribution in [3.63, 3.8) is 0 Å². The van der Waals surface area contributed by atoms with Crippen LogP contribution in [0.4, 0.5) is 0 Å². The Bertz CT molecular complexity index is 1320. The van der Waals surface area contributed by atoms with Crippen LogP contribution in [0.5, 0.6) is 0 Å². The lowest BCUT2D eigenvalue weighted by Crippen LogP contribution is -2.21. The molecule has 0 aliphatic heterocycles. The van der Waals surface area contributed by atoms with E-state index in [0.29, 0.717) is 34.2 Å². The van der Waals surface area contributed by atoms with Crippen molar-refractivity contribution in [2.75, 3.05) is 7.05 Å². The number of carbonyl (C=O) groups is 2. The molecular weight excluding hydrogens is 498 g/mol. The molecule has 4 unspecified atom stereocenters. The fourth-order valence-electron chi connectivity index (χ4n) is 5.39. The van der Waals surface area contributed by atoms with Gasteiger partial charge in [0, 0.05) is 36.1 Å². The number of rotatable bonds is 9. The standard InChI is InChI=1S/C33H43N5O2/c1-7-20(2)30(17-24-11-14-28(35)13-8-21(24)3)38-32(25-9-10-26(18-34)22(4)16-25)31(23(5)39)27-12-15-29(37-19-27)33(40)36-6/h9-10,12,15-16,19-21,24,28H,7-8,11,13-14,17,35H2,1-6H3,(H,36,40). The van der Waals surface area contributed by atoms with Crippen LogP contribution >= 0.6 is 0 Å². The largest absolute Gasteiger partial charge is 0.354 e. The normalized spacial score (nSPS) is 21.1. The van der Waals surface area contributed by atoms with Gasteiger partial charge in [-0.05, 0) is 93.9 Å². The van der Waals surface area contributed by atoms with Crippen LogP contribution in [-0.2, 0) is 4.79 Å². The summed E-state index contributed by atoms with van der Waals surface area (Å²) in [6.45, 7) is 10.1. The molecule has 0 radical (unpaired) electrons. The van der Waals surface area contributed by atoms with Crippen LogP contribution in [0.25, 0.3) is 11.3 Å². The first-order valence-corrected chi connectivity index (χ1v) is 14.4. The molecule has 40 heavy (non-hydrogen) atoms. The molecule has 1 heterocycles. The second kappa shape index (κ2) is 14.1. The number of nitrogens with two attached hydrogens (primary N) is 1. The topological polar surface area (TPSA) is 121 Å². The molecule has 1 fully saturated rings. The third-order valence-electron chi connectivity index (χ3n) is 8.33. The lowest BCUT2D eigenvalue weighted by molar-refractivity contribution is -0.111. The molecule has 0 spiro atoms. The Balaban J connectivity index is 2.25. The molecule has 1 aliphatic rings. The summed E-state index contributed by atoms with van der Waals surface area (Å²) < 4.78 is 0. The maximum Gasteiger partial charge on any atom is 0.269 e. The summed E-state index contributed by atoms with van der Waals surface area (Å²) in [7, 11) is 1.55. The first-order chi connectivity index (χ1) is 19.1. The van der Waals surface area contributed by atoms with E-state index in [4.69, 9.17) is 10.7 Å². The minimum absolute atomic E-state index is 0.146. The van der Waals surface area contributed by atoms with Crippen LogP contribution in [0.15, 0.2) is 41.5 Å². The molecule has 1 aromatic carbocycles. The molecular formula is C33H43N5O2. The maximum atomic E-state index is 13.3. The summed E-state index contributed by atoms with van der Waals surface area (Å²) in [6, 6.07) is 11.4. The summed E-state index contributed by atoms with van der Waals surface area (Å²) in [6.07, 6.45) is 7.58. The highest BCUT2D eigenvalue weighted by molar-refractivity contribution is 6.27. The predicted octanol–water partition coefficient (Wildman–Crippen LogP) is 6.11. The number of aliphatic imine (C=N–C) groups is 1. The quantitative estimate of drug-likeness (QED) is 0.225. The summed E-state index contributed by atoms with van der Waals surface area (Å²) >= 11 is 0. The number of hydrogen-bond acceptors (Lipinski definition) is 6. The SMILES string of the molecule is CCC(C)C(CC1CCC(N)CCC1C)=NC(=C(C(C)=O)c1ccc(C(=O)NC)nc1)c1ccc(C#N)c(C)c1. The van der Waals surface area contributed by atoms with Crippen molar-refractivity contribution in [3.8, 4) is 6.07 Å². The third kappa shape index (κ3) is 7.51. The van der Waals surface area contributed by atoms with Crippen LogP contribution in [-0.4, -0.2) is 35.5 Å². The number of amides is 1. The van der Waals surface area contributed by atoms with Crippen LogP contribution in [0.2, 0.25) is 0 Å². The van der Waals surface area contributed by atoms with Crippen molar-refractivity contribution < 1.29 is 9.59 Å². The molecule has 7 heteroatoms. The number of aryl methyl sites for hydroxylation is 1. The molecule has 3 N–H and O–H groups in total. The Labute approximate surface area is 239 Å². The van der Waals surface area contributed by atoms with E-state index in [9.17, 15) is 14.9 Å². The van der Waals surface area contributed by atoms with Crippen molar-refractivity contribution in [3.05, 3.63) is 64.5 Å². The zero-order valence-corrected chi connectivity index (χ0v) is 24.8. The second-order valence-corrected chi connectivity index (χ2v) is 11.2. The Morgan fingerprint density at radius 1 is 1.18 bits per heavy atom. The number of Topliss-reactive ketones (excluding diaryl/α,β-unsaturated/α-hetero) is 1. The van der Waals surface area contributed by atoms with E-state index in [0.717, 1.165) is 55.4 Å². The number of allylic oxidation sites excluding steroid dienone is 1. The molecule has 1 aromatic heterocycles. The third-order valence-corrected chi connectivity index (χ3v) is 8.33. The van der Waals surface area contributed by atoms with Crippen LogP contribution in [0.3, 0.4) is 0 Å². The average Bonchev–Trinajstić information content (AvgIpc) is 3.11. The monoisotopic (exact) mass is 541 g/mol. The molecule has 3 rings (SSSR count). The molecule has 0 saturated heterocycles. The van der Waals surface area contributed by atoms with Crippen LogP contribution in [0.1, 0.15) is 99.0 Å². The number of nitriles is 1. The number of nitrogens with one attached hydrogen (secondary N) is 1. The van der Waals surface area contributed by atoms with Gasteiger partial charge in [-0.25, -0.2) is 0 Å². The minimum Gasteiger partial charge on any atom is -0.354 e. The first-order valence-electron chi connectivity index (χ1n) is 14.4. The van der Waals surface area contributed by atoms with Gasteiger partial charge in [-0.3, -0.25) is 19.6 Å². The number of pyridine rings is 1. The van der Waals surface area contributed by atoms with E-state index >= 15 is 0 Å². The molecule has 1 saturated carbocycles. The highest BCUT2D eigenvalue weighted by Crippen LogP contribution is 2.35. The highest BCUT2D eigenvalue weighted by atomic mass is 16.1. The van der Waals surface area contributed by atoms with E-state index in [2.05, 4.69) is 37.1 Å². The predicted molar refractivity (Wildman–Crippen MR) is 162 cm³/mol. The molecule has 1 amide bonds. The van der Waals surface area contributed by atoms with Gasteiger partial charge >= 0.3 is 0 Å². The second-order valence-electron chi connectivity index (χ2n) is 11.2. The molecule has 0 bridgehead atoms. The number of benzene rings is 1. The van der Waals surface area contributed by atoms with Gasteiger partial charge in [0.15, 0.2) is 5.78 Å². The zero-order chi connectivity index (χ0) is 29.4. The van der Waals surface area contributed by atoms with E-state index in [1.54, 1.807) is 31.4 Å². The van der Waals surface area contributed by atoms with E-state index in [1.807, 2.05) is 19.1 Å². The number of nitrogens with zero attached hydrogens (tertiary/aromatic N) is 3. The Hall–Kier alpha value is -3.63. The maximum absolute atomic E-state index is 13.3. The molecule has 2 aromatic rings. The van der Waals surface area contributed by atoms with Crippen molar-refractivity contribution >= 4 is 28.7 Å². The van der Waals surface area contributed by atoms with Crippen LogP contribution < -0.4 is 11.1 Å². The number of aromatic nitrogens is 1. The molecule has 1 aliphatic carbocycles. The number of carbonyl (C=O) groups excluding carboxylic acids is 2. The van der Waals surface area contributed by atoms with E-state index in [-0.39, 0.29) is 29.3 Å². The van der Waals surface area contributed by atoms with Gasteiger partial charge < -0.3 is 11.1 Å².